The number of para-hydroxylation sites is 1. The zero-order valence-corrected chi connectivity index (χ0v) is 18.0. The first-order chi connectivity index (χ1) is 14.9. The molecule has 31 heavy (non-hydrogen) atoms. The number of benzene rings is 1. The molecule has 1 aliphatic heterocycles. The maximum Gasteiger partial charge on any atom is 0.405 e. The Bertz CT molecular complexity index is 1030. The molecular formula is C24H30N4O3. The molecule has 2 heterocycles. The van der Waals surface area contributed by atoms with Crippen LogP contribution in [0.5, 0.6) is 0 Å². The number of nitrogens with zero attached hydrogens (tertiary/aromatic N) is 2. The van der Waals surface area contributed by atoms with Gasteiger partial charge in [0, 0.05) is 47.6 Å². The highest BCUT2D eigenvalue weighted by Crippen LogP contribution is 2.34. The molecule has 164 valence electrons. The van der Waals surface area contributed by atoms with E-state index in [2.05, 4.69) is 40.3 Å². The van der Waals surface area contributed by atoms with Crippen molar-refractivity contribution in [3.05, 3.63) is 35.0 Å². The minimum absolute atomic E-state index is 0.280. The van der Waals surface area contributed by atoms with Crippen molar-refractivity contribution in [2.75, 3.05) is 6.54 Å². The van der Waals surface area contributed by atoms with Crippen LogP contribution < -0.4 is 5.32 Å². The van der Waals surface area contributed by atoms with Gasteiger partial charge in [-0.25, -0.2) is 4.79 Å². The van der Waals surface area contributed by atoms with E-state index < -0.39 is 11.6 Å². The molecule has 2 aromatic rings. The number of carboxylic acid groups (broad SMARTS) is 1. The van der Waals surface area contributed by atoms with Gasteiger partial charge in [0.25, 0.3) is 0 Å². The Morgan fingerprint density at radius 1 is 1.26 bits per heavy atom. The summed E-state index contributed by atoms with van der Waals surface area (Å²) in [7, 11) is 0. The molecule has 0 saturated heterocycles. The van der Waals surface area contributed by atoms with Crippen molar-refractivity contribution < 1.29 is 14.7 Å². The van der Waals surface area contributed by atoms with Crippen molar-refractivity contribution in [1.29, 1.82) is 5.26 Å². The van der Waals surface area contributed by atoms with E-state index in [1.165, 1.54) is 47.0 Å². The van der Waals surface area contributed by atoms with E-state index in [9.17, 15) is 9.59 Å². The molecule has 2 fully saturated rings. The van der Waals surface area contributed by atoms with Crippen molar-refractivity contribution in [3.63, 3.8) is 0 Å². The fraction of sp³-hybridized carbons (Fsp3) is 0.542. The predicted octanol–water partition coefficient (Wildman–Crippen LogP) is 4.25. The lowest BCUT2D eigenvalue weighted by Crippen LogP contribution is -2.40. The van der Waals surface area contributed by atoms with Gasteiger partial charge in [0.1, 0.15) is 5.54 Å². The number of aryl methyl sites for hydroxylation is 1. The summed E-state index contributed by atoms with van der Waals surface area (Å²) in [4.78, 5) is 28.4. The van der Waals surface area contributed by atoms with Crippen molar-refractivity contribution >= 4 is 22.9 Å². The molecule has 0 spiro atoms. The molecule has 7 nitrogen and oxygen atoms in total. The SMILES string of the molecule is Cc1cccc2c3c([nH]c12)CCN(C(=O)C1CCCCC1)C3.N#CC1(NC(=O)O)CC1. The highest BCUT2D eigenvalue weighted by Gasteiger charge is 2.44. The molecule has 0 atom stereocenters. The van der Waals surface area contributed by atoms with E-state index in [4.69, 9.17) is 10.4 Å². The van der Waals surface area contributed by atoms with Crippen LogP contribution in [0, 0.1) is 24.2 Å². The number of H-pyrrole nitrogens is 1. The predicted molar refractivity (Wildman–Crippen MR) is 117 cm³/mol. The molecule has 7 heteroatoms. The first-order valence-electron chi connectivity index (χ1n) is 11.2. The number of nitrogens with one attached hydrogen (secondary N) is 2. The summed E-state index contributed by atoms with van der Waals surface area (Å²) in [5.74, 6) is 0.676. The molecule has 0 radical (unpaired) electrons. The highest BCUT2D eigenvalue weighted by atomic mass is 16.4. The Balaban J connectivity index is 0.000000217. The van der Waals surface area contributed by atoms with Crippen LogP contribution in [0.25, 0.3) is 10.9 Å². The highest BCUT2D eigenvalue weighted by molar-refractivity contribution is 5.88. The maximum absolute atomic E-state index is 12.8. The monoisotopic (exact) mass is 422 g/mol. The van der Waals surface area contributed by atoms with Gasteiger partial charge in [-0.05, 0) is 38.2 Å². The normalized spacial score (nSPS) is 19.5. The Labute approximate surface area is 182 Å². The molecule has 3 aliphatic rings. The average molecular weight is 423 g/mol. The van der Waals surface area contributed by atoms with E-state index in [1.54, 1.807) is 0 Å². The van der Waals surface area contributed by atoms with Crippen LogP contribution in [0.4, 0.5) is 4.79 Å². The van der Waals surface area contributed by atoms with Crippen LogP contribution in [0.1, 0.15) is 61.8 Å². The quantitative estimate of drug-likeness (QED) is 0.672. The van der Waals surface area contributed by atoms with E-state index in [-0.39, 0.29) is 5.92 Å². The lowest BCUT2D eigenvalue weighted by Gasteiger charge is -2.32. The van der Waals surface area contributed by atoms with Gasteiger partial charge in [-0.15, -0.1) is 0 Å². The molecule has 2 saturated carbocycles. The molecule has 5 rings (SSSR count). The lowest BCUT2D eigenvalue weighted by molar-refractivity contribution is -0.137. The first-order valence-corrected chi connectivity index (χ1v) is 11.2. The Morgan fingerprint density at radius 2 is 2.00 bits per heavy atom. The summed E-state index contributed by atoms with van der Waals surface area (Å²) in [6, 6.07) is 8.35. The van der Waals surface area contributed by atoms with Crippen molar-refractivity contribution in [2.24, 2.45) is 5.92 Å². The third-order valence-corrected chi connectivity index (χ3v) is 6.80. The van der Waals surface area contributed by atoms with E-state index in [0.717, 1.165) is 32.4 Å². The summed E-state index contributed by atoms with van der Waals surface area (Å²) in [6.07, 6.45) is 7.07. The second kappa shape index (κ2) is 8.62. The summed E-state index contributed by atoms with van der Waals surface area (Å²) < 4.78 is 0. The van der Waals surface area contributed by atoms with Gasteiger partial charge in [0.2, 0.25) is 5.91 Å². The molecule has 3 N–H and O–H groups in total. The number of rotatable bonds is 2. The van der Waals surface area contributed by atoms with Gasteiger partial charge in [-0.1, -0.05) is 37.5 Å². The summed E-state index contributed by atoms with van der Waals surface area (Å²) in [5, 5.41) is 19.9. The van der Waals surface area contributed by atoms with E-state index in [1.807, 2.05) is 6.07 Å². The molecule has 2 aliphatic carbocycles. The smallest absolute Gasteiger partial charge is 0.405 e. The summed E-state index contributed by atoms with van der Waals surface area (Å²) in [6.45, 7) is 3.80. The van der Waals surface area contributed by atoms with Crippen LogP contribution in [0.15, 0.2) is 18.2 Å². The molecule has 0 unspecified atom stereocenters. The number of hydrogen-bond donors (Lipinski definition) is 3. The third-order valence-electron chi connectivity index (χ3n) is 6.80. The van der Waals surface area contributed by atoms with Crippen molar-refractivity contribution in [3.8, 4) is 6.07 Å². The van der Waals surface area contributed by atoms with Gasteiger partial charge in [-0.3, -0.25) is 4.79 Å². The first kappa shape index (κ1) is 21.2. The zero-order valence-electron chi connectivity index (χ0n) is 18.0. The van der Waals surface area contributed by atoms with Crippen LogP contribution >= 0.6 is 0 Å². The molecule has 1 aromatic carbocycles. The van der Waals surface area contributed by atoms with E-state index >= 15 is 0 Å². The fourth-order valence-electron chi connectivity index (χ4n) is 4.78. The number of hydrogen-bond acceptors (Lipinski definition) is 3. The summed E-state index contributed by atoms with van der Waals surface area (Å²) >= 11 is 0. The van der Waals surface area contributed by atoms with Gasteiger partial charge in [-0.2, -0.15) is 5.26 Å². The van der Waals surface area contributed by atoms with Crippen LogP contribution in [0.2, 0.25) is 0 Å². The molecule has 2 amide bonds. The van der Waals surface area contributed by atoms with Gasteiger partial charge >= 0.3 is 6.09 Å². The second-order valence-corrected chi connectivity index (χ2v) is 9.05. The van der Waals surface area contributed by atoms with Gasteiger partial charge < -0.3 is 20.3 Å². The number of amides is 2. The molecule has 1 aromatic heterocycles. The largest absolute Gasteiger partial charge is 0.465 e. The number of aromatic nitrogens is 1. The van der Waals surface area contributed by atoms with Crippen molar-refractivity contribution in [2.45, 2.75) is 70.4 Å². The van der Waals surface area contributed by atoms with E-state index in [0.29, 0.717) is 18.7 Å². The van der Waals surface area contributed by atoms with Gasteiger partial charge in [0.15, 0.2) is 0 Å². The zero-order chi connectivity index (χ0) is 22.0. The number of carbonyl (C=O) groups excluding carboxylic acids is 1. The van der Waals surface area contributed by atoms with Crippen molar-refractivity contribution in [1.82, 2.24) is 15.2 Å². The number of aromatic amines is 1. The molecular weight excluding hydrogens is 392 g/mol. The Kier molecular flexibility index (Phi) is 5.90. The van der Waals surface area contributed by atoms with Gasteiger partial charge in [0.05, 0.1) is 6.07 Å². The average Bonchev–Trinajstić information content (AvgIpc) is 3.44. The minimum atomic E-state index is -1.12. The molecule has 0 bridgehead atoms. The topological polar surface area (TPSA) is 109 Å². The van der Waals surface area contributed by atoms with Crippen LogP contribution in [-0.4, -0.2) is 39.1 Å². The summed E-state index contributed by atoms with van der Waals surface area (Å²) in [5.41, 5.74) is 4.48. The number of nitriles is 1. The third kappa shape index (κ3) is 4.53. The standard InChI is InChI=1S/C19H24N2O.C5H6N2O2/c1-13-6-5-9-15-16-12-21(11-10-17(16)20-18(13)15)19(22)14-7-3-2-4-8-14;6-3-5(1-2-5)7-4(8)9/h5-6,9,14,20H,2-4,7-8,10-12H2,1H3;7H,1-2H2,(H,8,9). The number of fused-ring (bicyclic) bond motifs is 3. The number of carbonyl (C=O) groups is 2. The van der Waals surface area contributed by atoms with Crippen LogP contribution in [-0.2, 0) is 17.8 Å². The Hall–Kier alpha value is -3.01. The maximum atomic E-state index is 12.8. The second-order valence-electron chi connectivity index (χ2n) is 9.05. The van der Waals surface area contributed by atoms with Crippen LogP contribution in [0.3, 0.4) is 0 Å². The lowest BCUT2D eigenvalue weighted by atomic mass is 9.87. The Morgan fingerprint density at radius 3 is 2.61 bits per heavy atom. The fourth-order valence-corrected chi connectivity index (χ4v) is 4.78. The minimum Gasteiger partial charge on any atom is -0.465 e.